The van der Waals surface area contributed by atoms with Crippen molar-refractivity contribution in [3.8, 4) is 11.1 Å². The lowest BCUT2D eigenvalue weighted by Gasteiger charge is -2.19. The summed E-state index contributed by atoms with van der Waals surface area (Å²) in [6, 6.07) is 16.3. The Labute approximate surface area is 109 Å². The summed E-state index contributed by atoms with van der Waals surface area (Å²) in [5.41, 5.74) is 4.45. The third kappa shape index (κ3) is 2.60. The van der Waals surface area contributed by atoms with Gasteiger partial charge in [-0.3, -0.25) is 0 Å². The minimum Gasteiger partial charge on any atom is -0.238 e. The van der Waals surface area contributed by atoms with E-state index in [0.717, 1.165) is 11.1 Å². The van der Waals surface area contributed by atoms with Gasteiger partial charge in [0.1, 0.15) is 0 Å². The van der Waals surface area contributed by atoms with Crippen LogP contribution in [0.1, 0.15) is 26.3 Å². The van der Waals surface area contributed by atoms with Crippen LogP contribution in [0.15, 0.2) is 48.5 Å². The predicted octanol–water partition coefficient (Wildman–Crippen LogP) is 5.20. The van der Waals surface area contributed by atoms with Crippen molar-refractivity contribution < 1.29 is 0 Å². The molecule has 2 aromatic carbocycles. The number of hydrogen-bond donors (Lipinski definition) is 0. The molecule has 1 nitrogen and oxygen atoms in total. The molecule has 18 heavy (non-hydrogen) atoms. The van der Waals surface area contributed by atoms with Crippen LogP contribution in [-0.2, 0) is 5.41 Å². The summed E-state index contributed by atoms with van der Waals surface area (Å²) in [5.74, 6) is 0. The minimum atomic E-state index is 0.177. The van der Waals surface area contributed by atoms with E-state index in [-0.39, 0.29) is 5.41 Å². The third-order valence-electron chi connectivity index (χ3n) is 3.06. The molecule has 0 fully saturated rings. The van der Waals surface area contributed by atoms with E-state index in [2.05, 4.69) is 49.9 Å². The molecule has 0 heterocycles. The normalized spacial score (nSPS) is 11.0. The molecule has 0 atom stereocenters. The van der Waals surface area contributed by atoms with Crippen molar-refractivity contribution in [2.75, 3.05) is 0 Å². The molecule has 0 amide bonds. The van der Waals surface area contributed by atoms with Crippen molar-refractivity contribution in [3.63, 3.8) is 0 Å². The molecule has 1 heteroatoms. The fourth-order valence-corrected chi connectivity index (χ4v) is 1.92. The highest BCUT2D eigenvalue weighted by Crippen LogP contribution is 2.27. The van der Waals surface area contributed by atoms with Gasteiger partial charge in [0, 0.05) is 0 Å². The Kier molecular flexibility index (Phi) is 3.21. The van der Waals surface area contributed by atoms with Crippen LogP contribution in [0.5, 0.6) is 0 Å². The van der Waals surface area contributed by atoms with Crippen molar-refractivity contribution in [1.29, 1.82) is 0 Å². The maximum Gasteiger partial charge on any atom is 0.187 e. The van der Waals surface area contributed by atoms with E-state index in [0.29, 0.717) is 5.69 Å². The van der Waals surface area contributed by atoms with Gasteiger partial charge in [0.05, 0.1) is 6.57 Å². The van der Waals surface area contributed by atoms with Crippen LogP contribution in [0.25, 0.3) is 16.0 Å². The standard InChI is InChI=1S/C17H17N/c1-17(2,3)15-10-8-13(9-11-15)14-6-5-7-16(12-14)18-4/h5-12H,1-3H3. The van der Waals surface area contributed by atoms with Crippen LogP contribution < -0.4 is 0 Å². The molecule has 0 aliphatic heterocycles. The Balaban J connectivity index is 2.38. The molecule has 0 radical (unpaired) electrons. The van der Waals surface area contributed by atoms with Gasteiger partial charge in [0.25, 0.3) is 0 Å². The Morgan fingerprint density at radius 2 is 1.56 bits per heavy atom. The quantitative estimate of drug-likeness (QED) is 0.598. The highest BCUT2D eigenvalue weighted by Gasteiger charge is 2.12. The van der Waals surface area contributed by atoms with Gasteiger partial charge in [-0.05, 0) is 28.2 Å². The Hall–Kier alpha value is -2.07. The fourth-order valence-electron chi connectivity index (χ4n) is 1.92. The molecule has 90 valence electrons. The Morgan fingerprint density at radius 3 is 2.11 bits per heavy atom. The van der Waals surface area contributed by atoms with E-state index in [4.69, 9.17) is 6.57 Å². The molecule has 2 rings (SSSR count). The first kappa shape index (κ1) is 12.4. The average Bonchev–Trinajstić information content (AvgIpc) is 2.38. The van der Waals surface area contributed by atoms with Crippen LogP contribution in [0.3, 0.4) is 0 Å². The minimum absolute atomic E-state index is 0.177. The van der Waals surface area contributed by atoms with Crippen molar-refractivity contribution in [1.82, 2.24) is 0 Å². The predicted molar refractivity (Wildman–Crippen MR) is 76.8 cm³/mol. The maximum atomic E-state index is 7.04. The number of rotatable bonds is 1. The molecular formula is C17H17N. The smallest absolute Gasteiger partial charge is 0.187 e. The largest absolute Gasteiger partial charge is 0.238 e. The van der Waals surface area contributed by atoms with Crippen LogP contribution >= 0.6 is 0 Å². The van der Waals surface area contributed by atoms with Gasteiger partial charge in [-0.15, -0.1) is 0 Å². The van der Waals surface area contributed by atoms with E-state index in [1.165, 1.54) is 5.56 Å². The molecule has 0 saturated carbocycles. The van der Waals surface area contributed by atoms with Crippen molar-refractivity contribution in [3.05, 3.63) is 65.5 Å². The van der Waals surface area contributed by atoms with Crippen LogP contribution in [0.4, 0.5) is 5.69 Å². The van der Waals surface area contributed by atoms with E-state index >= 15 is 0 Å². The topological polar surface area (TPSA) is 4.36 Å². The highest BCUT2D eigenvalue weighted by atomic mass is 14.6. The van der Waals surface area contributed by atoms with Gasteiger partial charge < -0.3 is 0 Å². The second kappa shape index (κ2) is 4.66. The number of benzene rings is 2. The molecule has 0 unspecified atom stereocenters. The number of hydrogen-bond acceptors (Lipinski definition) is 0. The lowest BCUT2D eigenvalue weighted by atomic mass is 9.86. The lowest BCUT2D eigenvalue weighted by molar-refractivity contribution is 0.590. The molecular weight excluding hydrogens is 218 g/mol. The summed E-state index contributed by atoms with van der Waals surface area (Å²) < 4.78 is 0. The van der Waals surface area contributed by atoms with Crippen LogP contribution in [0.2, 0.25) is 0 Å². The van der Waals surface area contributed by atoms with E-state index in [1.807, 2.05) is 24.3 Å². The van der Waals surface area contributed by atoms with E-state index < -0.39 is 0 Å². The average molecular weight is 235 g/mol. The Bertz CT molecular complexity index is 580. The zero-order valence-corrected chi connectivity index (χ0v) is 11.1. The molecule has 0 aliphatic carbocycles. The molecule has 0 bridgehead atoms. The van der Waals surface area contributed by atoms with Gasteiger partial charge in [-0.1, -0.05) is 63.2 Å². The summed E-state index contributed by atoms with van der Waals surface area (Å²) >= 11 is 0. The monoisotopic (exact) mass is 235 g/mol. The van der Waals surface area contributed by atoms with Crippen LogP contribution in [-0.4, -0.2) is 0 Å². The Morgan fingerprint density at radius 1 is 0.889 bits per heavy atom. The first-order valence-corrected chi connectivity index (χ1v) is 6.09. The van der Waals surface area contributed by atoms with Crippen LogP contribution in [0, 0.1) is 6.57 Å². The summed E-state index contributed by atoms with van der Waals surface area (Å²) in [6.07, 6.45) is 0. The second-order valence-corrected chi connectivity index (χ2v) is 5.49. The van der Waals surface area contributed by atoms with E-state index in [1.54, 1.807) is 0 Å². The zero-order valence-electron chi connectivity index (χ0n) is 11.1. The van der Waals surface area contributed by atoms with Gasteiger partial charge in [0.15, 0.2) is 5.69 Å². The van der Waals surface area contributed by atoms with Gasteiger partial charge in [-0.2, -0.15) is 0 Å². The van der Waals surface area contributed by atoms with Gasteiger partial charge in [-0.25, -0.2) is 4.85 Å². The molecule has 2 aromatic rings. The molecule has 0 saturated heterocycles. The summed E-state index contributed by atoms with van der Waals surface area (Å²) in [7, 11) is 0. The molecule has 0 aliphatic rings. The van der Waals surface area contributed by atoms with Crippen molar-refractivity contribution >= 4 is 5.69 Å². The molecule has 0 aromatic heterocycles. The first-order valence-electron chi connectivity index (χ1n) is 6.09. The zero-order chi connectivity index (χ0) is 13.2. The highest BCUT2D eigenvalue weighted by molar-refractivity contribution is 5.68. The fraction of sp³-hybridized carbons (Fsp3) is 0.235. The number of nitrogens with zero attached hydrogens (tertiary/aromatic N) is 1. The SMILES string of the molecule is [C-]#[N+]c1cccc(-c2ccc(C(C)(C)C)cc2)c1. The first-order chi connectivity index (χ1) is 8.50. The summed E-state index contributed by atoms with van der Waals surface area (Å²) in [5, 5.41) is 0. The summed E-state index contributed by atoms with van der Waals surface area (Å²) in [6.45, 7) is 13.7. The van der Waals surface area contributed by atoms with Gasteiger partial charge in [0.2, 0.25) is 0 Å². The lowest BCUT2D eigenvalue weighted by Crippen LogP contribution is -2.10. The summed E-state index contributed by atoms with van der Waals surface area (Å²) in [4.78, 5) is 3.46. The maximum absolute atomic E-state index is 7.04. The molecule has 0 spiro atoms. The second-order valence-electron chi connectivity index (χ2n) is 5.49. The van der Waals surface area contributed by atoms with E-state index in [9.17, 15) is 0 Å². The third-order valence-corrected chi connectivity index (χ3v) is 3.06. The van der Waals surface area contributed by atoms with Crippen molar-refractivity contribution in [2.24, 2.45) is 0 Å². The van der Waals surface area contributed by atoms with Crippen molar-refractivity contribution in [2.45, 2.75) is 26.2 Å². The molecule has 0 N–H and O–H groups in total. The van der Waals surface area contributed by atoms with Gasteiger partial charge >= 0.3 is 0 Å².